The number of hydrogen-bond acceptors (Lipinski definition) is 1. The molecule has 101 valence electrons. The number of ether oxygens (including phenoxy) is 1. The third-order valence-corrected chi connectivity index (χ3v) is 5.02. The topological polar surface area (TPSA) is 9.23 Å². The minimum atomic E-state index is 0. The van der Waals surface area contributed by atoms with Gasteiger partial charge in [0.25, 0.3) is 0 Å². The van der Waals surface area contributed by atoms with Gasteiger partial charge in [0.15, 0.2) is 0 Å². The average Bonchev–Trinajstić information content (AvgIpc) is 2.83. The van der Waals surface area contributed by atoms with Crippen LogP contribution >= 0.6 is 0 Å². The van der Waals surface area contributed by atoms with Crippen LogP contribution in [0.4, 0.5) is 0 Å². The molecule has 2 saturated carbocycles. The van der Waals surface area contributed by atoms with Gasteiger partial charge in [0.1, 0.15) is 0 Å². The molecule has 0 aliphatic heterocycles. The van der Waals surface area contributed by atoms with Crippen molar-refractivity contribution in [3.8, 4) is 5.75 Å². The number of methoxy groups -OCH3 is 1. The van der Waals surface area contributed by atoms with Crippen LogP contribution in [-0.2, 0) is 32.7 Å². The normalized spacial score (nSPS) is 29.4. The van der Waals surface area contributed by atoms with Crippen molar-refractivity contribution in [1.29, 1.82) is 0 Å². The fourth-order valence-corrected chi connectivity index (χ4v) is 4.02. The number of rotatable bonds is 2. The molecule has 0 aromatic heterocycles. The van der Waals surface area contributed by atoms with Gasteiger partial charge in [0, 0.05) is 38.5 Å². The monoisotopic (exact) mass is 332 g/mol. The van der Waals surface area contributed by atoms with Gasteiger partial charge >= 0.3 is 0 Å². The Kier molecular flexibility index (Phi) is 5.37. The van der Waals surface area contributed by atoms with Crippen molar-refractivity contribution in [2.45, 2.75) is 44.4 Å². The van der Waals surface area contributed by atoms with Crippen molar-refractivity contribution < 1.29 is 37.4 Å². The summed E-state index contributed by atoms with van der Waals surface area (Å²) in [4.78, 5) is 0. The molecule has 0 N–H and O–H groups in total. The largest absolute Gasteiger partial charge is 0.554 e. The molecular weight excluding hydrogens is 309 g/mol. The van der Waals surface area contributed by atoms with Gasteiger partial charge in [0.05, 0.1) is 7.11 Å². The SMILES string of the molecule is [CH2-]c1ccc(C2CC3CCCCC3C2)cc1OC.[Y]. The fraction of sp³-hybridized carbons (Fsp3) is 0.588. The molecule has 0 saturated heterocycles. The van der Waals surface area contributed by atoms with E-state index in [1.54, 1.807) is 7.11 Å². The van der Waals surface area contributed by atoms with Crippen LogP contribution in [0.25, 0.3) is 0 Å². The zero-order valence-corrected chi connectivity index (χ0v) is 14.7. The van der Waals surface area contributed by atoms with E-state index in [0.717, 1.165) is 29.1 Å². The van der Waals surface area contributed by atoms with Crippen LogP contribution in [0.5, 0.6) is 5.75 Å². The van der Waals surface area contributed by atoms with E-state index in [9.17, 15) is 0 Å². The first-order valence-corrected chi connectivity index (χ1v) is 7.28. The Morgan fingerprint density at radius 2 is 1.74 bits per heavy atom. The molecule has 1 nitrogen and oxygen atoms in total. The minimum absolute atomic E-state index is 0. The summed E-state index contributed by atoms with van der Waals surface area (Å²) in [7, 11) is 1.74. The third kappa shape index (κ3) is 3.19. The van der Waals surface area contributed by atoms with Crippen LogP contribution in [0.3, 0.4) is 0 Å². The maximum atomic E-state index is 5.40. The molecule has 1 aromatic rings. The number of hydrogen-bond donors (Lipinski definition) is 0. The van der Waals surface area contributed by atoms with E-state index in [1.807, 2.05) is 0 Å². The van der Waals surface area contributed by atoms with Crippen LogP contribution in [0, 0.1) is 18.8 Å². The van der Waals surface area contributed by atoms with Crippen molar-refractivity contribution in [3.05, 3.63) is 36.2 Å². The van der Waals surface area contributed by atoms with Crippen molar-refractivity contribution in [1.82, 2.24) is 0 Å². The van der Waals surface area contributed by atoms with E-state index in [2.05, 4.69) is 25.1 Å². The molecule has 19 heavy (non-hydrogen) atoms. The number of fused-ring (bicyclic) bond motifs is 1. The maximum Gasteiger partial charge on any atom is 0.0607 e. The van der Waals surface area contributed by atoms with Gasteiger partial charge in [-0.3, -0.25) is 0 Å². The molecule has 2 atom stereocenters. The van der Waals surface area contributed by atoms with E-state index >= 15 is 0 Å². The zero-order valence-electron chi connectivity index (χ0n) is 11.9. The molecule has 1 aromatic carbocycles. The molecule has 2 aliphatic carbocycles. The van der Waals surface area contributed by atoms with Crippen molar-refractivity contribution >= 4 is 0 Å². The Labute approximate surface area is 142 Å². The summed E-state index contributed by atoms with van der Waals surface area (Å²) in [5.74, 6) is 3.69. The summed E-state index contributed by atoms with van der Waals surface area (Å²) in [6.07, 6.45) is 8.62. The smallest absolute Gasteiger partial charge is 0.0607 e. The molecule has 0 bridgehead atoms. The summed E-state index contributed by atoms with van der Waals surface area (Å²) < 4.78 is 5.40. The van der Waals surface area contributed by atoms with Gasteiger partial charge in [-0.1, -0.05) is 37.3 Å². The summed E-state index contributed by atoms with van der Waals surface area (Å²) in [5, 5.41) is 0. The quantitative estimate of drug-likeness (QED) is 0.722. The van der Waals surface area contributed by atoms with Gasteiger partial charge in [-0.2, -0.15) is 18.6 Å². The van der Waals surface area contributed by atoms with Gasteiger partial charge < -0.3 is 4.74 Å². The molecule has 0 amide bonds. The first kappa shape index (κ1) is 15.4. The molecular formula is C17H23OY-. The Hall–Kier alpha value is -0.00610. The molecule has 2 fully saturated rings. The van der Waals surface area contributed by atoms with E-state index < -0.39 is 0 Å². The first-order chi connectivity index (χ1) is 8.78. The third-order valence-electron chi connectivity index (χ3n) is 5.02. The zero-order chi connectivity index (χ0) is 12.5. The van der Waals surface area contributed by atoms with Crippen LogP contribution in [-0.4, -0.2) is 7.11 Å². The first-order valence-electron chi connectivity index (χ1n) is 7.28. The van der Waals surface area contributed by atoms with E-state index in [1.165, 1.54) is 44.1 Å². The summed E-state index contributed by atoms with van der Waals surface area (Å²) in [5.41, 5.74) is 2.46. The number of benzene rings is 1. The van der Waals surface area contributed by atoms with Gasteiger partial charge in [-0.25, -0.2) is 0 Å². The Morgan fingerprint density at radius 3 is 2.32 bits per heavy atom. The van der Waals surface area contributed by atoms with Gasteiger partial charge in [-0.05, 0) is 30.6 Å². The molecule has 1 radical (unpaired) electrons. The minimum Gasteiger partial charge on any atom is -0.554 e. The molecule has 2 aliphatic rings. The van der Waals surface area contributed by atoms with Crippen LogP contribution in [0.2, 0.25) is 0 Å². The van der Waals surface area contributed by atoms with Crippen LogP contribution < -0.4 is 4.74 Å². The van der Waals surface area contributed by atoms with Gasteiger partial charge in [-0.15, -0.1) is 6.07 Å². The molecule has 3 rings (SSSR count). The Morgan fingerprint density at radius 1 is 1.11 bits per heavy atom. The average molecular weight is 332 g/mol. The van der Waals surface area contributed by atoms with Crippen molar-refractivity contribution in [2.75, 3.05) is 7.11 Å². The second-order valence-corrected chi connectivity index (χ2v) is 6.04. The molecule has 0 spiro atoms. The second-order valence-electron chi connectivity index (χ2n) is 6.04. The second kappa shape index (κ2) is 6.63. The Balaban J connectivity index is 0.00000133. The predicted molar refractivity (Wildman–Crippen MR) is 74.9 cm³/mol. The van der Waals surface area contributed by atoms with E-state index in [-0.39, 0.29) is 32.7 Å². The molecule has 2 unspecified atom stereocenters. The maximum absolute atomic E-state index is 5.40. The summed E-state index contributed by atoms with van der Waals surface area (Å²) >= 11 is 0. The predicted octanol–water partition coefficient (Wildman–Crippen LogP) is 4.56. The Bertz CT molecular complexity index is 415. The fourth-order valence-electron chi connectivity index (χ4n) is 4.02. The van der Waals surface area contributed by atoms with Gasteiger partial charge in [0.2, 0.25) is 0 Å². The van der Waals surface area contributed by atoms with Crippen molar-refractivity contribution in [2.24, 2.45) is 11.8 Å². The molecule has 0 heterocycles. The molecule has 2 heteroatoms. The van der Waals surface area contributed by atoms with E-state index in [4.69, 9.17) is 4.74 Å². The van der Waals surface area contributed by atoms with E-state index in [0.29, 0.717) is 0 Å². The summed E-state index contributed by atoms with van der Waals surface area (Å²) in [6.45, 7) is 4.01. The van der Waals surface area contributed by atoms with Crippen LogP contribution in [0.1, 0.15) is 55.6 Å². The standard InChI is InChI=1S/C17H23O.Y/c1-12-7-8-15(11-17(12)18-2)16-9-13-5-3-4-6-14(13)10-16;/h7-8,11,13-14,16H,1,3-6,9-10H2,2H3;/q-1;. The van der Waals surface area contributed by atoms with Crippen LogP contribution in [0.15, 0.2) is 18.2 Å². The summed E-state index contributed by atoms with van der Waals surface area (Å²) in [6, 6.07) is 6.58. The van der Waals surface area contributed by atoms with Crippen molar-refractivity contribution in [3.63, 3.8) is 0 Å².